The van der Waals surface area contributed by atoms with Crippen LogP contribution < -0.4 is 5.32 Å². The van der Waals surface area contributed by atoms with Crippen LogP contribution in [0.5, 0.6) is 0 Å². The van der Waals surface area contributed by atoms with Gasteiger partial charge < -0.3 is 5.32 Å². The summed E-state index contributed by atoms with van der Waals surface area (Å²) < 4.78 is 41.4. The normalized spacial score (nSPS) is 13.0. The minimum Gasteiger partial charge on any atom is -0.363 e. The zero-order valence-corrected chi connectivity index (χ0v) is 17.6. The molecule has 136 valence electrons. The molecule has 1 aromatic heterocycles. The molecule has 26 heavy (non-hydrogen) atoms. The van der Waals surface area contributed by atoms with Crippen molar-refractivity contribution in [1.82, 2.24) is 9.97 Å². The lowest BCUT2D eigenvalue weighted by molar-refractivity contribution is -0.138. The van der Waals surface area contributed by atoms with Crippen LogP contribution in [0.25, 0.3) is 10.9 Å². The maximum absolute atomic E-state index is 13.2. The molecule has 2 aromatic carbocycles. The Morgan fingerprint density at radius 2 is 1.92 bits per heavy atom. The third-order valence-corrected chi connectivity index (χ3v) is 6.47. The first-order chi connectivity index (χ1) is 12.2. The monoisotopic (exact) mass is 535 g/mol. The fourth-order valence-electron chi connectivity index (χ4n) is 2.88. The molecule has 0 radical (unpaired) electrons. The number of anilines is 1. The van der Waals surface area contributed by atoms with Crippen molar-refractivity contribution in [3.63, 3.8) is 0 Å². The number of fused-ring (bicyclic) bond motifs is 1. The molecule has 0 aliphatic carbocycles. The molecular weight excluding hydrogens is 522 g/mol. The highest BCUT2D eigenvalue weighted by Crippen LogP contribution is 2.35. The van der Waals surface area contributed by atoms with Crippen molar-refractivity contribution in [2.24, 2.45) is 0 Å². The number of nitrogens with zero attached hydrogens (tertiary/aromatic N) is 2. The van der Waals surface area contributed by atoms with Crippen LogP contribution in [0.1, 0.15) is 29.7 Å². The first-order valence-corrected chi connectivity index (χ1v) is 9.58. The fourth-order valence-corrected chi connectivity index (χ4v) is 3.68. The number of hydrogen-bond donors (Lipinski definition) is 1. The number of rotatable bonds is 3. The summed E-state index contributed by atoms with van der Waals surface area (Å²) in [6.07, 6.45) is -2.93. The molecule has 1 unspecified atom stereocenters. The Kier molecular flexibility index (Phi) is 5.43. The molecule has 0 saturated heterocycles. The highest BCUT2D eigenvalue weighted by atomic mass is 127. The van der Waals surface area contributed by atoms with Crippen LogP contribution in [0.15, 0.2) is 41.1 Å². The predicted molar refractivity (Wildman–Crippen MR) is 108 cm³/mol. The van der Waals surface area contributed by atoms with Gasteiger partial charge in [0.2, 0.25) is 0 Å². The average Bonchev–Trinajstić information content (AvgIpc) is 2.55. The zero-order valence-electron chi connectivity index (χ0n) is 13.8. The maximum atomic E-state index is 13.2. The smallest absolute Gasteiger partial charge is 0.363 e. The van der Waals surface area contributed by atoms with Crippen LogP contribution in [0, 0.1) is 10.5 Å². The molecule has 8 heteroatoms. The Balaban J connectivity index is 2.00. The van der Waals surface area contributed by atoms with Gasteiger partial charge in [-0.2, -0.15) is 13.2 Å². The topological polar surface area (TPSA) is 37.8 Å². The SMILES string of the molecule is Cc1c(C(C)Nc2ncnc3cc(Br)c(I)cc23)cccc1C(F)(F)F. The van der Waals surface area contributed by atoms with Crippen LogP contribution in [-0.2, 0) is 6.18 Å². The lowest BCUT2D eigenvalue weighted by Crippen LogP contribution is -2.14. The molecule has 1 N–H and O–H groups in total. The largest absolute Gasteiger partial charge is 0.416 e. The molecule has 3 nitrogen and oxygen atoms in total. The minimum absolute atomic E-state index is 0.218. The number of benzene rings is 2. The maximum Gasteiger partial charge on any atom is 0.416 e. The van der Waals surface area contributed by atoms with Gasteiger partial charge in [0.25, 0.3) is 0 Å². The van der Waals surface area contributed by atoms with E-state index in [-0.39, 0.29) is 11.6 Å². The summed E-state index contributed by atoms with van der Waals surface area (Å²) in [5.41, 5.74) is 0.937. The lowest BCUT2D eigenvalue weighted by atomic mass is 9.97. The van der Waals surface area contributed by atoms with Gasteiger partial charge in [0, 0.05) is 13.4 Å². The van der Waals surface area contributed by atoms with E-state index in [2.05, 4.69) is 53.8 Å². The van der Waals surface area contributed by atoms with E-state index in [1.165, 1.54) is 19.3 Å². The fraction of sp³-hybridized carbons (Fsp3) is 0.222. The summed E-state index contributed by atoms with van der Waals surface area (Å²) in [6.45, 7) is 3.31. The summed E-state index contributed by atoms with van der Waals surface area (Å²) >= 11 is 5.67. The van der Waals surface area contributed by atoms with Crippen LogP contribution in [0.4, 0.5) is 19.0 Å². The summed E-state index contributed by atoms with van der Waals surface area (Å²) in [7, 11) is 0. The van der Waals surface area contributed by atoms with Crippen molar-refractivity contribution >= 4 is 55.2 Å². The van der Waals surface area contributed by atoms with E-state index < -0.39 is 11.7 Å². The van der Waals surface area contributed by atoms with E-state index in [0.717, 1.165) is 25.0 Å². The van der Waals surface area contributed by atoms with E-state index in [0.29, 0.717) is 11.4 Å². The second-order valence-electron chi connectivity index (χ2n) is 5.89. The molecule has 3 aromatic rings. The second-order valence-corrected chi connectivity index (χ2v) is 7.91. The van der Waals surface area contributed by atoms with Crippen LogP contribution in [-0.4, -0.2) is 9.97 Å². The van der Waals surface area contributed by atoms with Gasteiger partial charge in [-0.05, 0) is 81.7 Å². The van der Waals surface area contributed by atoms with E-state index in [1.807, 2.05) is 19.1 Å². The molecule has 0 saturated carbocycles. The van der Waals surface area contributed by atoms with Gasteiger partial charge in [0.05, 0.1) is 17.1 Å². The number of hydrogen-bond acceptors (Lipinski definition) is 3. The zero-order chi connectivity index (χ0) is 19.1. The Morgan fingerprint density at radius 1 is 1.19 bits per heavy atom. The second kappa shape index (κ2) is 7.30. The van der Waals surface area contributed by atoms with Gasteiger partial charge in [0.1, 0.15) is 12.1 Å². The van der Waals surface area contributed by atoms with E-state index in [4.69, 9.17) is 0 Å². The highest BCUT2D eigenvalue weighted by molar-refractivity contribution is 14.1. The molecule has 1 atom stereocenters. The Labute approximate surface area is 170 Å². The summed E-state index contributed by atoms with van der Waals surface area (Å²) in [5.74, 6) is 0.588. The third kappa shape index (κ3) is 3.80. The van der Waals surface area contributed by atoms with Crippen LogP contribution in [0.3, 0.4) is 0 Å². The van der Waals surface area contributed by atoms with Crippen molar-refractivity contribution in [3.05, 3.63) is 61.4 Å². The van der Waals surface area contributed by atoms with Crippen LogP contribution >= 0.6 is 38.5 Å². The van der Waals surface area contributed by atoms with Gasteiger partial charge in [-0.15, -0.1) is 0 Å². The van der Waals surface area contributed by atoms with E-state index in [9.17, 15) is 13.2 Å². The van der Waals surface area contributed by atoms with Gasteiger partial charge >= 0.3 is 6.18 Å². The molecule has 0 bridgehead atoms. The van der Waals surface area contributed by atoms with Crippen molar-refractivity contribution in [1.29, 1.82) is 0 Å². The standard InChI is InChI=1S/C18H14BrF3IN3/c1-9-11(4-3-5-13(9)18(20,21)22)10(2)26-17-12-6-15(23)14(19)7-16(12)24-8-25-17/h3-8,10H,1-2H3,(H,24,25,26). The molecule has 0 aliphatic heterocycles. The van der Waals surface area contributed by atoms with Crippen molar-refractivity contribution in [3.8, 4) is 0 Å². The molecular formula is C18H14BrF3IN3. The number of nitrogens with one attached hydrogen (secondary N) is 1. The van der Waals surface area contributed by atoms with E-state index >= 15 is 0 Å². The number of alkyl halides is 3. The Hall–Kier alpha value is -1.42. The molecule has 0 amide bonds. The summed E-state index contributed by atoms with van der Waals surface area (Å²) in [5, 5.41) is 4.05. The molecule has 0 aliphatic rings. The average molecular weight is 536 g/mol. The number of aromatic nitrogens is 2. The number of halogens is 5. The van der Waals surface area contributed by atoms with Crippen LogP contribution in [0.2, 0.25) is 0 Å². The quantitative estimate of drug-likeness (QED) is 0.389. The first-order valence-electron chi connectivity index (χ1n) is 7.71. The van der Waals surface area contributed by atoms with Crippen molar-refractivity contribution < 1.29 is 13.2 Å². The van der Waals surface area contributed by atoms with E-state index in [1.54, 1.807) is 6.07 Å². The summed E-state index contributed by atoms with van der Waals surface area (Å²) in [6, 6.07) is 7.72. The van der Waals surface area contributed by atoms with Crippen molar-refractivity contribution in [2.75, 3.05) is 5.32 Å². The highest BCUT2D eigenvalue weighted by Gasteiger charge is 2.33. The third-order valence-electron chi connectivity index (χ3n) is 4.18. The predicted octanol–water partition coefficient (Wildman–Crippen LogP) is 6.50. The van der Waals surface area contributed by atoms with Gasteiger partial charge in [0.15, 0.2) is 0 Å². The Bertz CT molecular complexity index is 976. The van der Waals surface area contributed by atoms with Crippen molar-refractivity contribution in [2.45, 2.75) is 26.1 Å². The van der Waals surface area contributed by atoms with Gasteiger partial charge in [-0.1, -0.05) is 12.1 Å². The molecule has 0 fully saturated rings. The molecule has 1 heterocycles. The first kappa shape index (κ1) is 19.3. The summed E-state index contributed by atoms with van der Waals surface area (Å²) in [4.78, 5) is 8.54. The van der Waals surface area contributed by atoms with Gasteiger partial charge in [-0.25, -0.2) is 9.97 Å². The Morgan fingerprint density at radius 3 is 2.62 bits per heavy atom. The minimum atomic E-state index is -4.37. The molecule has 0 spiro atoms. The van der Waals surface area contributed by atoms with Gasteiger partial charge in [-0.3, -0.25) is 0 Å². The lowest BCUT2D eigenvalue weighted by Gasteiger charge is -2.21. The molecule has 3 rings (SSSR count).